The maximum atomic E-state index is 2.72. The zero-order chi connectivity index (χ0) is 49.1. The smallest absolute Gasteiger partial charge is 0.252 e. The number of nitrogens with zero attached hydrogens (tertiary/aromatic N) is 2. The Labute approximate surface area is 420 Å². The van der Waals surface area contributed by atoms with Crippen LogP contribution in [0.5, 0.6) is 0 Å². The van der Waals surface area contributed by atoms with Crippen LogP contribution in [0.2, 0.25) is 0 Å². The van der Waals surface area contributed by atoms with Gasteiger partial charge in [0, 0.05) is 34.0 Å². The number of fused-ring (bicyclic) bond motifs is 7. The molecule has 70 heavy (non-hydrogen) atoms. The normalized spacial score (nSPS) is 20.0. The van der Waals surface area contributed by atoms with Crippen LogP contribution < -0.4 is 26.2 Å². The molecule has 0 saturated carbocycles. The highest BCUT2D eigenvalue weighted by molar-refractivity contribution is 7.00. The quantitative estimate of drug-likeness (QED) is 0.162. The largest absolute Gasteiger partial charge is 0.311 e. The summed E-state index contributed by atoms with van der Waals surface area (Å²) in [6, 6.07) is 52.7. The maximum absolute atomic E-state index is 2.72. The lowest BCUT2D eigenvalue weighted by atomic mass is 9.32. The lowest BCUT2D eigenvalue weighted by Gasteiger charge is -2.49. The van der Waals surface area contributed by atoms with Crippen LogP contribution in [-0.4, -0.2) is 6.71 Å². The van der Waals surface area contributed by atoms with Gasteiger partial charge in [0.25, 0.3) is 6.71 Å². The van der Waals surface area contributed by atoms with Crippen LogP contribution in [0.3, 0.4) is 0 Å². The van der Waals surface area contributed by atoms with Gasteiger partial charge in [-0.15, -0.1) is 0 Å². The van der Waals surface area contributed by atoms with E-state index in [0.29, 0.717) is 0 Å². The van der Waals surface area contributed by atoms with Gasteiger partial charge in [-0.3, -0.25) is 0 Å². The number of benzene rings is 7. The monoisotopic (exact) mass is 917 g/mol. The molecule has 2 aliphatic heterocycles. The van der Waals surface area contributed by atoms with Crippen molar-refractivity contribution in [3.8, 4) is 22.3 Å². The summed E-state index contributed by atoms with van der Waals surface area (Å²) in [6.45, 7) is 32.2. The minimum atomic E-state index is 0.0355. The minimum Gasteiger partial charge on any atom is -0.311 e. The van der Waals surface area contributed by atoms with Crippen LogP contribution in [0.25, 0.3) is 22.3 Å². The zero-order valence-electron chi connectivity index (χ0n) is 44.4. The molecule has 3 heteroatoms. The van der Waals surface area contributed by atoms with Gasteiger partial charge in [-0.25, -0.2) is 0 Å². The maximum Gasteiger partial charge on any atom is 0.252 e. The summed E-state index contributed by atoms with van der Waals surface area (Å²) in [5.41, 5.74) is 27.7. The fourth-order valence-electron chi connectivity index (χ4n) is 13.9. The van der Waals surface area contributed by atoms with Crippen molar-refractivity contribution in [3.63, 3.8) is 0 Å². The lowest BCUT2D eigenvalue weighted by Crippen LogP contribution is -2.62. The van der Waals surface area contributed by atoms with Gasteiger partial charge >= 0.3 is 0 Å². The van der Waals surface area contributed by atoms with E-state index in [1.54, 1.807) is 0 Å². The van der Waals surface area contributed by atoms with E-state index in [2.05, 4.69) is 233 Å². The molecule has 0 amide bonds. The topological polar surface area (TPSA) is 6.48 Å². The second kappa shape index (κ2) is 15.1. The van der Waals surface area contributed by atoms with Gasteiger partial charge in [0.15, 0.2) is 0 Å². The van der Waals surface area contributed by atoms with Crippen molar-refractivity contribution in [3.05, 3.63) is 172 Å². The summed E-state index contributed by atoms with van der Waals surface area (Å²) >= 11 is 0. The summed E-state index contributed by atoms with van der Waals surface area (Å²) in [5.74, 6) is 0. The van der Waals surface area contributed by atoms with Gasteiger partial charge in [-0.2, -0.15) is 0 Å². The molecule has 0 saturated heterocycles. The Morgan fingerprint density at radius 2 is 0.771 bits per heavy atom. The predicted octanol–water partition coefficient (Wildman–Crippen LogP) is 16.5. The standard InChI is InChI=1S/C67H73BN2/c1-42-34-59-61-60(35-42)70(56-27-24-45(43-20-16-14-17-21-43)36-47(56)44-22-18-15-19-23-44)58-41-53-51(65(8,9)31-33-67(53,12)13)39-55(58)68(61)54-38-50-52(66(10,11)32-30-64(50,6)7)40-57(54)69(59)46-25-26-48-49(37-46)63(4,5)29-28-62(48,2)3/h14-27,34-41H,28-33H2,1-13H3. The Hall–Kier alpha value is -5.80. The predicted molar refractivity (Wildman–Crippen MR) is 302 cm³/mol. The van der Waals surface area contributed by atoms with E-state index in [9.17, 15) is 0 Å². The molecule has 0 atom stereocenters. The Kier molecular flexibility index (Phi) is 9.79. The van der Waals surface area contributed by atoms with Crippen molar-refractivity contribution >= 4 is 57.2 Å². The van der Waals surface area contributed by atoms with Crippen molar-refractivity contribution in [2.24, 2.45) is 0 Å². The molecule has 0 spiro atoms. The molecular formula is C67H73BN2. The van der Waals surface area contributed by atoms with E-state index in [1.165, 1.54) is 150 Å². The molecule has 12 rings (SSSR count). The number of anilines is 6. The summed E-state index contributed by atoms with van der Waals surface area (Å²) < 4.78 is 0. The van der Waals surface area contributed by atoms with Gasteiger partial charge in [0.2, 0.25) is 0 Å². The number of rotatable bonds is 4. The Balaban J connectivity index is 1.22. The van der Waals surface area contributed by atoms with E-state index in [-0.39, 0.29) is 39.2 Å². The van der Waals surface area contributed by atoms with Crippen LogP contribution in [0.1, 0.15) is 161 Å². The molecule has 0 radical (unpaired) electrons. The average Bonchev–Trinajstić information content (AvgIpc) is 3.33. The van der Waals surface area contributed by atoms with E-state index >= 15 is 0 Å². The number of hydrogen-bond acceptors (Lipinski definition) is 2. The van der Waals surface area contributed by atoms with Crippen LogP contribution in [-0.2, 0) is 32.5 Å². The van der Waals surface area contributed by atoms with E-state index < -0.39 is 0 Å². The van der Waals surface area contributed by atoms with Gasteiger partial charge in [0.05, 0.1) is 5.69 Å². The molecule has 7 aromatic rings. The summed E-state index contributed by atoms with van der Waals surface area (Å²) in [4.78, 5) is 5.43. The van der Waals surface area contributed by atoms with E-state index in [4.69, 9.17) is 0 Å². The average molecular weight is 917 g/mol. The molecule has 354 valence electrons. The zero-order valence-corrected chi connectivity index (χ0v) is 44.4. The Morgan fingerprint density at radius 3 is 1.29 bits per heavy atom. The highest BCUT2D eigenvalue weighted by atomic mass is 15.2. The van der Waals surface area contributed by atoms with E-state index in [1.807, 2.05) is 0 Å². The lowest BCUT2D eigenvalue weighted by molar-refractivity contribution is 0.332. The number of aryl methyl sites for hydroxylation is 1. The van der Waals surface area contributed by atoms with Crippen molar-refractivity contribution < 1.29 is 0 Å². The first-order valence-electron chi connectivity index (χ1n) is 26.6. The van der Waals surface area contributed by atoms with Crippen LogP contribution >= 0.6 is 0 Å². The van der Waals surface area contributed by atoms with Gasteiger partial charge < -0.3 is 9.80 Å². The second-order valence-corrected chi connectivity index (χ2v) is 26.2. The van der Waals surface area contributed by atoms with Crippen LogP contribution in [0.15, 0.2) is 133 Å². The van der Waals surface area contributed by atoms with Crippen LogP contribution in [0, 0.1) is 6.92 Å². The van der Waals surface area contributed by atoms with Crippen molar-refractivity contribution in [1.29, 1.82) is 0 Å². The molecule has 0 unspecified atom stereocenters. The molecule has 0 bridgehead atoms. The first-order valence-corrected chi connectivity index (χ1v) is 26.6. The van der Waals surface area contributed by atoms with Crippen molar-refractivity contribution in [2.45, 2.75) is 161 Å². The first-order chi connectivity index (χ1) is 33.1. The summed E-state index contributed by atoms with van der Waals surface area (Å²) in [6.07, 6.45) is 7.08. The molecule has 3 aliphatic carbocycles. The first kappa shape index (κ1) is 45.4. The van der Waals surface area contributed by atoms with Gasteiger partial charge in [0.1, 0.15) is 0 Å². The van der Waals surface area contributed by atoms with Crippen LogP contribution in [0.4, 0.5) is 34.1 Å². The number of hydrogen-bond donors (Lipinski definition) is 0. The van der Waals surface area contributed by atoms with Crippen molar-refractivity contribution in [1.82, 2.24) is 0 Å². The third kappa shape index (κ3) is 6.79. The Morgan fingerprint density at radius 1 is 0.343 bits per heavy atom. The molecule has 5 aliphatic rings. The van der Waals surface area contributed by atoms with Crippen molar-refractivity contribution in [2.75, 3.05) is 9.80 Å². The fraction of sp³-hybridized carbons (Fsp3) is 0.373. The highest BCUT2D eigenvalue weighted by Gasteiger charge is 2.49. The summed E-state index contributed by atoms with van der Waals surface area (Å²) in [7, 11) is 0. The molecule has 0 aromatic heterocycles. The van der Waals surface area contributed by atoms with E-state index in [0.717, 1.165) is 0 Å². The highest BCUT2D eigenvalue weighted by Crippen LogP contribution is 2.55. The fourth-order valence-corrected chi connectivity index (χ4v) is 13.9. The minimum absolute atomic E-state index is 0.0355. The molecule has 2 nitrogen and oxygen atoms in total. The van der Waals surface area contributed by atoms with Gasteiger partial charge in [-0.1, -0.05) is 168 Å². The third-order valence-corrected chi connectivity index (χ3v) is 18.7. The molecule has 7 aromatic carbocycles. The Bertz CT molecular complexity index is 3290. The molecule has 2 heterocycles. The third-order valence-electron chi connectivity index (χ3n) is 18.7. The second-order valence-electron chi connectivity index (χ2n) is 26.2. The molecule has 0 N–H and O–H groups in total. The molecule has 0 fully saturated rings. The molecular weight excluding hydrogens is 844 g/mol. The summed E-state index contributed by atoms with van der Waals surface area (Å²) in [5, 5.41) is 0. The SMILES string of the molecule is Cc1cc2c3c(c1)N(c1ccc(-c4ccccc4)cc1-c1ccccc1)c1cc4c(cc1B3c1cc3c(cc1N2c1ccc2c(c1)C(C)(C)CCC2(C)C)C(C)(C)CCC3(C)C)C(C)(C)CCC4(C)C. The van der Waals surface area contributed by atoms with Gasteiger partial charge in [-0.05, 0) is 198 Å².